The quantitative estimate of drug-likeness (QED) is 0.183. The van der Waals surface area contributed by atoms with Crippen molar-refractivity contribution in [1.82, 2.24) is 14.5 Å². The van der Waals surface area contributed by atoms with E-state index in [1.165, 1.54) is 7.11 Å². The maximum atomic E-state index is 12.8. The number of carbonyl (C=O) groups excluding carboxylic acids is 2. The van der Waals surface area contributed by atoms with E-state index in [9.17, 15) is 9.59 Å². The van der Waals surface area contributed by atoms with Crippen LogP contribution in [0.3, 0.4) is 0 Å². The summed E-state index contributed by atoms with van der Waals surface area (Å²) in [4.78, 5) is 33.9. The predicted molar refractivity (Wildman–Crippen MR) is 154 cm³/mol. The van der Waals surface area contributed by atoms with Crippen LogP contribution < -0.4 is 14.8 Å². The number of methoxy groups -OCH3 is 2. The molecule has 11 heteroatoms. The fourth-order valence-corrected chi connectivity index (χ4v) is 5.54. The summed E-state index contributed by atoms with van der Waals surface area (Å²) in [6.07, 6.45) is 7.56. The number of rotatable bonds is 12. The molecular weight excluding hydrogens is 528 g/mol. The summed E-state index contributed by atoms with van der Waals surface area (Å²) in [6, 6.07) is 6.62. The molecule has 2 saturated carbocycles. The fourth-order valence-electron chi connectivity index (χ4n) is 4.78. The Labute approximate surface area is 235 Å². The van der Waals surface area contributed by atoms with Crippen molar-refractivity contribution < 1.29 is 28.5 Å². The highest BCUT2D eigenvalue weighted by Crippen LogP contribution is 2.43. The molecule has 2 unspecified atom stereocenters. The number of carbonyl (C=O) groups is 2. The first kappa shape index (κ1) is 28.1. The lowest BCUT2D eigenvalue weighted by atomic mass is 9.96. The predicted octanol–water partition coefficient (Wildman–Crippen LogP) is 5.10. The van der Waals surface area contributed by atoms with Crippen LogP contribution >= 0.6 is 0 Å². The average Bonchev–Trinajstić information content (AvgIpc) is 3.64. The molecule has 1 amide bonds. The molecule has 214 valence electrons. The molecule has 3 aromatic rings. The molecule has 0 aliphatic heterocycles. The van der Waals surface area contributed by atoms with E-state index >= 15 is 0 Å². The van der Waals surface area contributed by atoms with E-state index in [-0.39, 0.29) is 18.0 Å². The molecule has 1 N–H and O–H groups in total. The summed E-state index contributed by atoms with van der Waals surface area (Å²) in [5, 5.41) is 3.73. The molecule has 2 fully saturated rings. The summed E-state index contributed by atoms with van der Waals surface area (Å²) in [5.41, 5.74) is 2.28. The molecule has 0 spiro atoms. The van der Waals surface area contributed by atoms with Gasteiger partial charge in [-0.05, 0) is 49.9 Å². The van der Waals surface area contributed by atoms with Gasteiger partial charge in [0.2, 0.25) is 11.8 Å². The number of nitrogens with zero attached hydrogens (tertiary/aromatic N) is 3. The van der Waals surface area contributed by atoms with Gasteiger partial charge >= 0.3 is 5.97 Å². The van der Waals surface area contributed by atoms with Gasteiger partial charge in [0.25, 0.3) is 0 Å². The van der Waals surface area contributed by atoms with Gasteiger partial charge in [-0.25, -0.2) is 9.97 Å². The van der Waals surface area contributed by atoms with Gasteiger partial charge in [-0.15, -0.1) is 0 Å². The molecule has 3 heterocycles. The summed E-state index contributed by atoms with van der Waals surface area (Å²) >= 11 is 0. The molecule has 0 saturated heterocycles. The molecular formula is C29H38N4O6Si. The smallest absolute Gasteiger partial charge is 0.309 e. The zero-order valence-corrected chi connectivity index (χ0v) is 24.9. The lowest BCUT2D eigenvalue weighted by Crippen LogP contribution is -2.24. The van der Waals surface area contributed by atoms with Gasteiger partial charge in [0.15, 0.2) is 0 Å². The van der Waals surface area contributed by atoms with Crippen LogP contribution in [0.4, 0.5) is 5.82 Å². The second kappa shape index (κ2) is 11.6. The van der Waals surface area contributed by atoms with E-state index < -0.39 is 19.9 Å². The van der Waals surface area contributed by atoms with Gasteiger partial charge in [0.1, 0.15) is 23.9 Å². The van der Waals surface area contributed by atoms with Crippen LogP contribution in [0.2, 0.25) is 25.7 Å². The minimum absolute atomic E-state index is 0.181. The van der Waals surface area contributed by atoms with Gasteiger partial charge in [0, 0.05) is 38.0 Å². The third-order valence-electron chi connectivity index (χ3n) is 7.52. The third-order valence-corrected chi connectivity index (χ3v) is 9.22. The second-order valence-electron chi connectivity index (χ2n) is 11.8. The Hall–Kier alpha value is -3.44. The highest BCUT2D eigenvalue weighted by molar-refractivity contribution is 6.76. The van der Waals surface area contributed by atoms with Gasteiger partial charge in [0.05, 0.1) is 37.7 Å². The zero-order valence-electron chi connectivity index (χ0n) is 23.9. The maximum absolute atomic E-state index is 12.8. The summed E-state index contributed by atoms with van der Waals surface area (Å²) in [7, 11) is 1.69. The van der Waals surface area contributed by atoms with E-state index in [0.29, 0.717) is 37.1 Å². The van der Waals surface area contributed by atoms with Crippen molar-refractivity contribution in [2.24, 2.45) is 11.8 Å². The van der Waals surface area contributed by atoms with Gasteiger partial charge in [-0.2, -0.15) is 0 Å². The number of anilines is 1. The highest BCUT2D eigenvalue weighted by Gasteiger charge is 2.49. The first-order valence-electron chi connectivity index (χ1n) is 13.8. The standard InChI is InChI=1S/C29H38N4O6Si/c1-36-28-25(23(11-12-30-28)39-18-7-6-8-18)22-16-33(17-38-13-14-40(3,4)5)26-19(22)9-10-24(31-26)32-27(34)20-15-21(20)29(35)37-2/h9-12,16,18,20-21H,6-8,13-15,17H2,1-5H3,(H,31,32,34). The van der Waals surface area contributed by atoms with Crippen molar-refractivity contribution in [2.45, 2.75) is 64.2 Å². The highest BCUT2D eigenvalue weighted by atomic mass is 28.3. The Kier molecular flexibility index (Phi) is 8.13. The van der Waals surface area contributed by atoms with Crippen molar-refractivity contribution >= 4 is 36.8 Å². The van der Waals surface area contributed by atoms with Gasteiger partial charge < -0.3 is 28.8 Å². The van der Waals surface area contributed by atoms with E-state index in [1.54, 1.807) is 19.4 Å². The van der Waals surface area contributed by atoms with Crippen LogP contribution in [-0.2, 0) is 25.8 Å². The molecule has 3 aromatic heterocycles. The Balaban J connectivity index is 1.48. The monoisotopic (exact) mass is 566 g/mol. The number of amides is 1. The summed E-state index contributed by atoms with van der Waals surface area (Å²) in [5.74, 6) is 0.204. The number of ether oxygens (including phenoxy) is 4. The van der Waals surface area contributed by atoms with Crippen LogP contribution in [-0.4, -0.2) is 61.4 Å². The normalized spacial score (nSPS) is 18.7. The molecule has 0 bridgehead atoms. The third kappa shape index (κ3) is 6.15. The largest absolute Gasteiger partial charge is 0.490 e. The first-order chi connectivity index (χ1) is 19.2. The summed E-state index contributed by atoms with van der Waals surface area (Å²) in [6.45, 7) is 7.92. The molecule has 2 aliphatic carbocycles. The molecule has 0 aromatic carbocycles. The van der Waals surface area contributed by atoms with Crippen molar-refractivity contribution in [3.8, 4) is 22.8 Å². The van der Waals surface area contributed by atoms with E-state index in [1.807, 2.05) is 22.9 Å². The Bertz CT molecular complexity index is 1400. The van der Waals surface area contributed by atoms with Crippen molar-refractivity contribution in [3.63, 3.8) is 0 Å². The number of nitrogens with one attached hydrogen (secondary N) is 1. The van der Waals surface area contributed by atoms with Crippen LogP contribution in [0.25, 0.3) is 22.2 Å². The second-order valence-corrected chi connectivity index (χ2v) is 17.4. The van der Waals surface area contributed by atoms with Crippen LogP contribution in [0.5, 0.6) is 11.6 Å². The van der Waals surface area contributed by atoms with Gasteiger partial charge in [-0.1, -0.05) is 19.6 Å². The number of hydrogen-bond acceptors (Lipinski definition) is 8. The SMILES string of the molecule is COC(=O)C1CC1C(=O)Nc1ccc2c(-c3c(OC4CCC4)ccnc3OC)cn(COCC[Si](C)(C)C)c2n1. The van der Waals surface area contributed by atoms with E-state index in [4.69, 9.17) is 23.9 Å². The Morgan fingerprint density at radius 2 is 1.93 bits per heavy atom. The molecule has 10 nitrogen and oxygen atoms in total. The maximum Gasteiger partial charge on any atom is 0.309 e. The molecule has 2 atom stereocenters. The number of hydrogen-bond donors (Lipinski definition) is 1. The van der Waals surface area contributed by atoms with Crippen molar-refractivity contribution in [1.29, 1.82) is 0 Å². The average molecular weight is 567 g/mol. The minimum Gasteiger partial charge on any atom is -0.490 e. The van der Waals surface area contributed by atoms with E-state index in [2.05, 4.69) is 29.9 Å². The minimum atomic E-state index is -1.25. The first-order valence-corrected chi connectivity index (χ1v) is 17.6. The topological polar surface area (TPSA) is 114 Å². The lowest BCUT2D eigenvalue weighted by molar-refractivity contribution is -0.143. The molecule has 5 rings (SSSR count). The van der Waals surface area contributed by atoms with E-state index in [0.717, 1.165) is 47.6 Å². The lowest BCUT2D eigenvalue weighted by Gasteiger charge is -2.27. The van der Waals surface area contributed by atoms with Crippen molar-refractivity contribution in [3.05, 3.63) is 30.6 Å². The van der Waals surface area contributed by atoms with Gasteiger partial charge in [-0.3, -0.25) is 9.59 Å². The van der Waals surface area contributed by atoms with Crippen LogP contribution in [0.15, 0.2) is 30.6 Å². The van der Waals surface area contributed by atoms with Crippen LogP contribution in [0.1, 0.15) is 25.7 Å². The van der Waals surface area contributed by atoms with Crippen molar-refractivity contribution in [2.75, 3.05) is 26.1 Å². The number of fused-ring (bicyclic) bond motifs is 1. The zero-order chi connectivity index (χ0) is 28.4. The van der Waals surface area contributed by atoms with Crippen LogP contribution in [0, 0.1) is 11.8 Å². The number of pyridine rings is 2. The number of aromatic nitrogens is 3. The Morgan fingerprint density at radius 1 is 1.12 bits per heavy atom. The molecule has 2 aliphatic rings. The summed E-state index contributed by atoms with van der Waals surface area (Å²) < 4.78 is 24.8. The molecule has 0 radical (unpaired) electrons. The number of esters is 1. The fraction of sp³-hybridized carbons (Fsp3) is 0.517. The Morgan fingerprint density at radius 3 is 2.60 bits per heavy atom. The molecule has 40 heavy (non-hydrogen) atoms.